The molecular formula is C19H19BrF3NO2. The van der Waals surface area contributed by atoms with Crippen LogP contribution in [0.5, 0.6) is 5.75 Å². The van der Waals surface area contributed by atoms with Crippen molar-refractivity contribution in [2.24, 2.45) is 0 Å². The molecule has 0 aliphatic rings. The van der Waals surface area contributed by atoms with E-state index in [0.29, 0.717) is 15.6 Å². The minimum absolute atomic E-state index is 0.0544. The van der Waals surface area contributed by atoms with Gasteiger partial charge in [0.25, 0.3) is 5.91 Å². The number of hydrogen-bond acceptors (Lipinski definition) is 2. The summed E-state index contributed by atoms with van der Waals surface area (Å²) in [5, 5.41) is 12.9. The van der Waals surface area contributed by atoms with Crippen LogP contribution in [0.15, 0.2) is 34.8 Å². The molecular weight excluding hydrogens is 411 g/mol. The maximum Gasteiger partial charge on any atom is 0.418 e. The summed E-state index contributed by atoms with van der Waals surface area (Å²) < 4.78 is 40.0. The van der Waals surface area contributed by atoms with E-state index in [1.54, 1.807) is 13.0 Å². The first-order chi connectivity index (χ1) is 11.8. The summed E-state index contributed by atoms with van der Waals surface area (Å²) in [5.74, 6) is -1.04. The number of alkyl halides is 3. The Labute approximate surface area is 158 Å². The topological polar surface area (TPSA) is 49.3 Å². The Morgan fingerprint density at radius 2 is 1.69 bits per heavy atom. The predicted octanol–water partition coefficient (Wildman–Crippen LogP) is 6.03. The highest BCUT2D eigenvalue weighted by Crippen LogP contribution is 2.40. The maximum atomic E-state index is 13.1. The minimum atomic E-state index is -4.60. The highest BCUT2D eigenvalue weighted by Gasteiger charge is 2.34. The molecule has 3 nitrogen and oxygen atoms in total. The zero-order valence-electron chi connectivity index (χ0n) is 14.8. The van der Waals surface area contributed by atoms with Gasteiger partial charge in [0.1, 0.15) is 5.75 Å². The number of amides is 1. The Morgan fingerprint density at radius 1 is 1.12 bits per heavy atom. The van der Waals surface area contributed by atoms with E-state index < -0.39 is 23.1 Å². The highest BCUT2D eigenvalue weighted by atomic mass is 79.9. The number of carbonyl (C=O) groups excluding carboxylic acids is 1. The molecule has 0 spiro atoms. The van der Waals surface area contributed by atoms with Crippen LogP contribution in [0.1, 0.15) is 47.8 Å². The standard InChI is InChI=1S/C19H19BrF3NO2/c1-10-13(20)9-12(18(2,3)4)16(25)15(10)17(26)24-14-8-6-5-7-11(14)19(21,22)23/h5-9,25H,1-4H3,(H,24,26). The van der Waals surface area contributed by atoms with Crippen LogP contribution in [-0.4, -0.2) is 11.0 Å². The van der Waals surface area contributed by atoms with E-state index in [4.69, 9.17) is 0 Å². The van der Waals surface area contributed by atoms with Gasteiger partial charge in [-0.1, -0.05) is 48.8 Å². The van der Waals surface area contributed by atoms with Crippen molar-refractivity contribution in [2.75, 3.05) is 5.32 Å². The second kappa shape index (κ2) is 6.95. The van der Waals surface area contributed by atoms with Gasteiger partial charge in [0.15, 0.2) is 0 Å². The average molecular weight is 430 g/mol. The average Bonchev–Trinajstić information content (AvgIpc) is 2.49. The predicted molar refractivity (Wildman–Crippen MR) is 98.6 cm³/mol. The molecule has 0 aliphatic heterocycles. The minimum Gasteiger partial charge on any atom is -0.507 e. The van der Waals surface area contributed by atoms with E-state index in [0.717, 1.165) is 6.07 Å². The zero-order chi connectivity index (χ0) is 19.9. The molecule has 2 aromatic rings. The van der Waals surface area contributed by atoms with Gasteiger partial charge >= 0.3 is 6.18 Å². The van der Waals surface area contributed by atoms with Crippen molar-refractivity contribution in [3.8, 4) is 5.75 Å². The molecule has 0 fully saturated rings. The monoisotopic (exact) mass is 429 g/mol. The third-order valence-corrected chi connectivity index (χ3v) is 4.84. The number of aromatic hydroxyl groups is 1. The van der Waals surface area contributed by atoms with Crippen molar-refractivity contribution in [1.82, 2.24) is 0 Å². The smallest absolute Gasteiger partial charge is 0.418 e. The molecule has 0 unspecified atom stereocenters. The van der Waals surface area contributed by atoms with Crippen LogP contribution in [0.25, 0.3) is 0 Å². The zero-order valence-corrected chi connectivity index (χ0v) is 16.3. The fourth-order valence-corrected chi connectivity index (χ4v) is 3.04. The van der Waals surface area contributed by atoms with Gasteiger partial charge in [-0.15, -0.1) is 0 Å². The molecule has 0 radical (unpaired) electrons. The van der Waals surface area contributed by atoms with Crippen LogP contribution in [0, 0.1) is 6.92 Å². The summed E-state index contributed by atoms with van der Waals surface area (Å²) >= 11 is 3.35. The quantitative estimate of drug-likeness (QED) is 0.611. The first kappa shape index (κ1) is 20.3. The van der Waals surface area contributed by atoms with Gasteiger partial charge in [0, 0.05) is 10.0 Å². The van der Waals surface area contributed by atoms with Crippen LogP contribution in [-0.2, 0) is 11.6 Å². The molecule has 0 bridgehead atoms. The second-order valence-electron chi connectivity index (χ2n) is 7.00. The Kier molecular flexibility index (Phi) is 5.42. The number of benzene rings is 2. The molecule has 140 valence electrons. The van der Waals surface area contributed by atoms with Crippen LogP contribution < -0.4 is 5.32 Å². The Balaban J connectivity index is 2.55. The van der Waals surface area contributed by atoms with Gasteiger partial charge in [0.05, 0.1) is 16.8 Å². The van der Waals surface area contributed by atoms with E-state index in [9.17, 15) is 23.1 Å². The molecule has 0 saturated heterocycles. The second-order valence-corrected chi connectivity index (χ2v) is 7.86. The molecule has 2 rings (SSSR count). The fraction of sp³-hybridized carbons (Fsp3) is 0.316. The van der Waals surface area contributed by atoms with Crippen LogP contribution in [0.2, 0.25) is 0 Å². The molecule has 2 aromatic carbocycles. The van der Waals surface area contributed by atoms with Gasteiger partial charge in [0.2, 0.25) is 0 Å². The molecule has 0 atom stereocenters. The molecule has 0 aromatic heterocycles. The fourth-order valence-electron chi connectivity index (χ4n) is 2.61. The molecule has 26 heavy (non-hydrogen) atoms. The third-order valence-electron chi connectivity index (χ3n) is 4.01. The molecule has 0 aliphatic carbocycles. The Morgan fingerprint density at radius 3 is 2.23 bits per heavy atom. The molecule has 7 heteroatoms. The third kappa shape index (κ3) is 4.03. The lowest BCUT2D eigenvalue weighted by molar-refractivity contribution is -0.136. The summed E-state index contributed by atoms with van der Waals surface area (Å²) in [7, 11) is 0. The largest absolute Gasteiger partial charge is 0.507 e. The number of phenols is 1. The van der Waals surface area contributed by atoms with E-state index in [1.165, 1.54) is 18.2 Å². The van der Waals surface area contributed by atoms with Crippen LogP contribution in [0.4, 0.5) is 18.9 Å². The number of phenolic OH excluding ortho intramolecular Hbond substituents is 1. The lowest BCUT2D eigenvalue weighted by atomic mass is 9.84. The Hall–Kier alpha value is -2.02. The summed E-state index contributed by atoms with van der Waals surface area (Å²) in [6, 6.07) is 6.43. The lowest BCUT2D eigenvalue weighted by Gasteiger charge is -2.24. The number of hydrogen-bond donors (Lipinski definition) is 2. The van der Waals surface area contributed by atoms with E-state index >= 15 is 0 Å². The first-order valence-electron chi connectivity index (χ1n) is 7.84. The number of rotatable bonds is 2. The van der Waals surface area contributed by atoms with Gasteiger partial charge in [-0.3, -0.25) is 4.79 Å². The summed E-state index contributed by atoms with van der Waals surface area (Å²) in [6.45, 7) is 7.21. The molecule has 1 amide bonds. The van der Waals surface area contributed by atoms with Crippen molar-refractivity contribution in [3.05, 3.63) is 57.1 Å². The van der Waals surface area contributed by atoms with Gasteiger partial charge in [-0.25, -0.2) is 0 Å². The van der Waals surface area contributed by atoms with Crippen molar-refractivity contribution < 1.29 is 23.1 Å². The number of para-hydroxylation sites is 1. The van der Waals surface area contributed by atoms with Crippen molar-refractivity contribution in [2.45, 2.75) is 39.3 Å². The van der Waals surface area contributed by atoms with Gasteiger partial charge < -0.3 is 10.4 Å². The Bertz CT molecular complexity index is 855. The van der Waals surface area contributed by atoms with Crippen LogP contribution in [0.3, 0.4) is 0 Å². The molecule has 0 saturated carbocycles. The van der Waals surface area contributed by atoms with E-state index in [-0.39, 0.29) is 17.0 Å². The van der Waals surface area contributed by atoms with Gasteiger partial charge in [-0.05, 0) is 36.1 Å². The van der Waals surface area contributed by atoms with E-state index in [2.05, 4.69) is 21.2 Å². The summed E-state index contributed by atoms with van der Waals surface area (Å²) in [6.07, 6.45) is -4.60. The first-order valence-corrected chi connectivity index (χ1v) is 8.63. The molecule has 2 N–H and O–H groups in total. The summed E-state index contributed by atoms with van der Waals surface area (Å²) in [4.78, 5) is 12.7. The highest BCUT2D eigenvalue weighted by molar-refractivity contribution is 9.10. The number of anilines is 1. The van der Waals surface area contributed by atoms with Crippen molar-refractivity contribution in [3.63, 3.8) is 0 Å². The van der Waals surface area contributed by atoms with Gasteiger partial charge in [-0.2, -0.15) is 13.2 Å². The van der Waals surface area contributed by atoms with Crippen molar-refractivity contribution >= 4 is 27.5 Å². The maximum absolute atomic E-state index is 13.1. The number of halogens is 4. The van der Waals surface area contributed by atoms with Crippen molar-refractivity contribution in [1.29, 1.82) is 0 Å². The molecule has 0 heterocycles. The van der Waals surface area contributed by atoms with Crippen LogP contribution >= 0.6 is 15.9 Å². The number of carbonyl (C=O) groups is 1. The normalized spacial score (nSPS) is 12.2. The lowest BCUT2D eigenvalue weighted by Crippen LogP contribution is -2.20. The summed E-state index contributed by atoms with van der Waals surface area (Å²) in [5.41, 5.74) is -0.861. The SMILES string of the molecule is Cc1c(Br)cc(C(C)(C)C)c(O)c1C(=O)Nc1ccccc1C(F)(F)F. The number of nitrogens with one attached hydrogen (secondary N) is 1. The van der Waals surface area contributed by atoms with E-state index in [1.807, 2.05) is 20.8 Å².